The molecule has 0 spiro atoms. The lowest BCUT2D eigenvalue weighted by molar-refractivity contribution is -0.153. The highest BCUT2D eigenvalue weighted by atomic mass is 32.1. The van der Waals surface area contributed by atoms with Crippen molar-refractivity contribution < 1.29 is 19.4 Å². The van der Waals surface area contributed by atoms with Crippen LogP contribution in [0, 0.1) is 6.92 Å². The van der Waals surface area contributed by atoms with Crippen molar-refractivity contribution in [3.63, 3.8) is 0 Å². The molecule has 0 fully saturated rings. The number of pyridine rings is 1. The maximum atomic E-state index is 12.4. The molecule has 0 radical (unpaired) electrons. The van der Waals surface area contributed by atoms with Gasteiger partial charge in [-0.2, -0.15) is 0 Å². The quantitative estimate of drug-likeness (QED) is 0.681. The number of aryl methyl sites for hydroxylation is 2. The molecular formula is C19H25N3O4S. The van der Waals surface area contributed by atoms with Crippen molar-refractivity contribution in [2.24, 2.45) is 0 Å². The van der Waals surface area contributed by atoms with E-state index in [-0.39, 0.29) is 25.0 Å². The number of carbonyl (C=O) groups excluding carboxylic acids is 1. The summed E-state index contributed by atoms with van der Waals surface area (Å²) in [6.45, 7) is 7.63. The number of nitrogens with one attached hydrogen (secondary N) is 1. The molecule has 0 aliphatic heterocycles. The second-order valence-electron chi connectivity index (χ2n) is 6.37. The smallest absolute Gasteiger partial charge is 0.332 e. The third-order valence-electron chi connectivity index (χ3n) is 3.84. The minimum atomic E-state index is -1.03. The number of ether oxygens (including phenoxy) is 1. The molecule has 8 heteroatoms. The van der Waals surface area contributed by atoms with Gasteiger partial charge in [0, 0.05) is 35.3 Å². The Morgan fingerprint density at radius 1 is 1.37 bits per heavy atom. The molecule has 146 valence electrons. The average Bonchev–Trinajstić information content (AvgIpc) is 3.02. The SMILES string of the molecule is CCc1cc(-c2nc(C(=O)NCCC(OC(C)C)C(=O)O)c(C)s2)ccn1. The molecule has 1 unspecified atom stereocenters. The van der Waals surface area contributed by atoms with Gasteiger partial charge >= 0.3 is 5.97 Å². The van der Waals surface area contributed by atoms with Gasteiger partial charge in [0.15, 0.2) is 6.10 Å². The molecule has 0 saturated carbocycles. The Morgan fingerprint density at radius 3 is 2.74 bits per heavy atom. The molecule has 7 nitrogen and oxygen atoms in total. The fourth-order valence-corrected chi connectivity index (χ4v) is 3.42. The summed E-state index contributed by atoms with van der Waals surface area (Å²) in [5.74, 6) is -1.34. The number of thiazole rings is 1. The predicted octanol–water partition coefficient (Wildman–Crippen LogP) is 3.07. The molecule has 0 aromatic carbocycles. The van der Waals surface area contributed by atoms with Gasteiger partial charge in [0.25, 0.3) is 5.91 Å². The van der Waals surface area contributed by atoms with Crippen LogP contribution in [0.3, 0.4) is 0 Å². The lowest BCUT2D eigenvalue weighted by Crippen LogP contribution is -2.33. The van der Waals surface area contributed by atoms with Gasteiger partial charge in [-0.3, -0.25) is 9.78 Å². The summed E-state index contributed by atoms with van der Waals surface area (Å²) in [5.41, 5.74) is 2.27. The van der Waals surface area contributed by atoms with E-state index >= 15 is 0 Å². The van der Waals surface area contributed by atoms with E-state index in [1.807, 2.05) is 26.0 Å². The third-order valence-corrected chi connectivity index (χ3v) is 4.86. The van der Waals surface area contributed by atoms with Crippen LogP contribution in [0.4, 0.5) is 0 Å². The van der Waals surface area contributed by atoms with Crippen LogP contribution in [0.15, 0.2) is 18.3 Å². The summed E-state index contributed by atoms with van der Waals surface area (Å²) in [5, 5.41) is 12.7. The predicted molar refractivity (Wildman–Crippen MR) is 104 cm³/mol. The molecule has 0 aliphatic rings. The highest BCUT2D eigenvalue weighted by Crippen LogP contribution is 2.27. The summed E-state index contributed by atoms with van der Waals surface area (Å²) in [4.78, 5) is 33.2. The number of hydrogen-bond acceptors (Lipinski definition) is 6. The first-order valence-corrected chi connectivity index (χ1v) is 9.72. The lowest BCUT2D eigenvalue weighted by atomic mass is 10.2. The van der Waals surface area contributed by atoms with Gasteiger partial charge in [-0.1, -0.05) is 6.92 Å². The van der Waals surface area contributed by atoms with Crippen molar-refractivity contribution in [1.29, 1.82) is 0 Å². The van der Waals surface area contributed by atoms with Crippen molar-refractivity contribution in [3.05, 3.63) is 34.6 Å². The zero-order valence-electron chi connectivity index (χ0n) is 16.0. The van der Waals surface area contributed by atoms with E-state index < -0.39 is 12.1 Å². The number of aromatic nitrogens is 2. The van der Waals surface area contributed by atoms with E-state index in [2.05, 4.69) is 15.3 Å². The molecule has 2 heterocycles. The number of carbonyl (C=O) groups is 2. The minimum absolute atomic E-state index is 0.194. The van der Waals surface area contributed by atoms with Crippen LogP contribution in [-0.2, 0) is 16.0 Å². The first-order chi connectivity index (χ1) is 12.8. The van der Waals surface area contributed by atoms with Crippen LogP contribution in [0.2, 0.25) is 0 Å². The molecular weight excluding hydrogens is 366 g/mol. The summed E-state index contributed by atoms with van der Waals surface area (Å²) in [6.07, 6.45) is 1.62. The summed E-state index contributed by atoms with van der Waals surface area (Å²) in [7, 11) is 0. The van der Waals surface area contributed by atoms with Crippen molar-refractivity contribution >= 4 is 23.2 Å². The van der Waals surface area contributed by atoms with Gasteiger partial charge in [0.1, 0.15) is 10.7 Å². The van der Waals surface area contributed by atoms with Crippen molar-refractivity contribution in [1.82, 2.24) is 15.3 Å². The fraction of sp³-hybridized carbons (Fsp3) is 0.474. The molecule has 0 saturated heterocycles. The highest BCUT2D eigenvalue weighted by Gasteiger charge is 2.21. The topological polar surface area (TPSA) is 101 Å². The van der Waals surface area contributed by atoms with Crippen molar-refractivity contribution in [3.8, 4) is 10.6 Å². The number of carboxylic acids is 1. The van der Waals surface area contributed by atoms with E-state index in [9.17, 15) is 9.59 Å². The molecule has 2 aromatic heterocycles. The van der Waals surface area contributed by atoms with E-state index in [1.165, 1.54) is 11.3 Å². The number of aliphatic carboxylic acids is 1. The molecule has 0 bridgehead atoms. The van der Waals surface area contributed by atoms with Crippen LogP contribution in [-0.4, -0.2) is 45.7 Å². The number of amides is 1. The van der Waals surface area contributed by atoms with Gasteiger partial charge in [-0.05, 0) is 39.3 Å². The maximum Gasteiger partial charge on any atom is 0.332 e. The molecule has 1 atom stereocenters. The maximum absolute atomic E-state index is 12.4. The van der Waals surface area contributed by atoms with Gasteiger partial charge in [-0.25, -0.2) is 9.78 Å². The Bertz CT molecular complexity index is 804. The number of rotatable bonds is 9. The number of hydrogen-bond donors (Lipinski definition) is 2. The van der Waals surface area contributed by atoms with Crippen molar-refractivity contribution in [2.45, 2.75) is 52.7 Å². The fourth-order valence-electron chi connectivity index (χ4n) is 2.51. The number of carboxylic acid groups (broad SMARTS) is 1. The second-order valence-corrected chi connectivity index (χ2v) is 7.57. The van der Waals surface area contributed by atoms with Crippen LogP contribution in [0.5, 0.6) is 0 Å². The first-order valence-electron chi connectivity index (χ1n) is 8.91. The first kappa shape index (κ1) is 21.0. The molecule has 2 N–H and O–H groups in total. The Labute approximate surface area is 162 Å². The summed E-state index contributed by atoms with van der Waals surface area (Å²) < 4.78 is 5.34. The van der Waals surface area contributed by atoms with Gasteiger partial charge in [0.2, 0.25) is 0 Å². The molecule has 2 aromatic rings. The Kier molecular flexibility index (Phi) is 7.44. The molecule has 2 rings (SSSR count). The largest absolute Gasteiger partial charge is 0.479 e. The van der Waals surface area contributed by atoms with Crippen molar-refractivity contribution in [2.75, 3.05) is 6.54 Å². The Balaban J connectivity index is 2.02. The average molecular weight is 391 g/mol. The normalized spacial score (nSPS) is 12.2. The second kappa shape index (κ2) is 9.57. The monoisotopic (exact) mass is 391 g/mol. The summed E-state index contributed by atoms with van der Waals surface area (Å²) >= 11 is 1.45. The molecule has 0 aliphatic carbocycles. The van der Waals surface area contributed by atoms with Gasteiger partial charge in [-0.15, -0.1) is 11.3 Å². The standard InChI is InChI=1S/C19H25N3O4S/c1-5-14-10-13(6-8-20-14)18-22-16(12(4)27-18)17(23)21-9-7-15(19(24)25)26-11(2)3/h6,8,10-11,15H,5,7,9H2,1-4H3,(H,21,23)(H,24,25). The summed E-state index contributed by atoms with van der Waals surface area (Å²) in [6, 6.07) is 3.85. The van der Waals surface area contributed by atoms with Crippen LogP contribution in [0.25, 0.3) is 10.6 Å². The zero-order valence-corrected chi connectivity index (χ0v) is 16.8. The van der Waals surface area contributed by atoms with E-state index in [1.54, 1.807) is 20.0 Å². The molecule has 27 heavy (non-hydrogen) atoms. The van der Waals surface area contributed by atoms with E-state index in [4.69, 9.17) is 9.84 Å². The van der Waals surface area contributed by atoms with E-state index in [0.29, 0.717) is 5.69 Å². The van der Waals surface area contributed by atoms with Gasteiger partial charge < -0.3 is 15.2 Å². The minimum Gasteiger partial charge on any atom is -0.479 e. The van der Waals surface area contributed by atoms with Crippen LogP contribution >= 0.6 is 11.3 Å². The lowest BCUT2D eigenvalue weighted by Gasteiger charge is -2.16. The Morgan fingerprint density at radius 2 is 2.11 bits per heavy atom. The van der Waals surface area contributed by atoms with Crippen LogP contribution in [0.1, 0.15) is 48.3 Å². The molecule has 1 amide bonds. The van der Waals surface area contributed by atoms with Crippen LogP contribution < -0.4 is 5.32 Å². The van der Waals surface area contributed by atoms with Gasteiger partial charge in [0.05, 0.1) is 6.10 Å². The van der Waals surface area contributed by atoms with E-state index in [0.717, 1.165) is 27.6 Å². The third kappa shape index (κ3) is 5.83. The number of nitrogens with zero attached hydrogens (tertiary/aromatic N) is 2. The highest BCUT2D eigenvalue weighted by molar-refractivity contribution is 7.15. The Hall–Kier alpha value is -2.32. The zero-order chi connectivity index (χ0) is 20.0.